The van der Waals surface area contributed by atoms with Crippen molar-refractivity contribution in [3.63, 3.8) is 0 Å². The van der Waals surface area contributed by atoms with Gasteiger partial charge in [0.15, 0.2) is 26.4 Å². The van der Waals surface area contributed by atoms with Crippen LogP contribution in [0.4, 0.5) is 0 Å². The topological polar surface area (TPSA) is 237 Å². The van der Waals surface area contributed by atoms with Crippen molar-refractivity contribution in [1.82, 2.24) is 0 Å². The average Bonchev–Trinajstić information content (AvgIpc) is 3.15. The second-order valence-corrected chi connectivity index (χ2v) is 16.7. The summed E-state index contributed by atoms with van der Waals surface area (Å²) in [6.07, 6.45) is 0.881. The van der Waals surface area contributed by atoms with Crippen LogP contribution in [0.5, 0.6) is 5.75 Å². The Hall–Kier alpha value is -6.33. The molecule has 0 aromatic heterocycles. The van der Waals surface area contributed by atoms with Gasteiger partial charge in [-0.1, -0.05) is 17.7 Å². The molecule has 0 radical (unpaired) electrons. The van der Waals surface area contributed by atoms with Gasteiger partial charge in [-0.3, -0.25) is 9.59 Å². The van der Waals surface area contributed by atoms with Crippen LogP contribution >= 0.6 is 0 Å². The molecule has 0 N–H and O–H groups in total. The number of hydrogen-bond acceptors (Lipinski definition) is 18. The minimum atomic E-state index is -1.12. The van der Waals surface area contributed by atoms with E-state index in [0.29, 0.717) is 5.56 Å². The number of carbonyl (C=O) groups is 9. The highest BCUT2D eigenvalue weighted by molar-refractivity contribution is 5.97. The van der Waals surface area contributed by atoms with Crippen molar-refractivity contribution in [3.8, 4) is 5.75 Å². The van der Waals surface area contributed by atoms with E-state index in [1.54, 1.807) is 73.6 Å². The molecule has 0 aliphatic heterocycles. The quantitative estimate of drug-likeness (QED) is 0.0806. The normalized spacial score (nSPS) is 11.6. The fourth-order valence-electron chi connectivity index (χ4n) is 5.37. The molecule has 62 heavy (non-hydrogen) atoms. The molecule has 2 rings (SSSR count). The Balaban J connectivity index is 1.93. The molecule has 340 valence electrons. The van der Waals surface area contributed by atoms with Crippen LogP contribution in [0.3, 0.4) is 0 Å². The third kappa shape index (κ3) is 20.3. The van der Waals surface area contributed by atoms with E-state index in [1.165, 1.54) is 0 Å². The maximum Gasteiger partial charge on any atom is 0.344 e. The summed E-state index contributed by atoms with van der Waals surface area (Å²) in [5, 5.41) is 0. The summed E-state index contributed by atoms with van der Waals surface area (Å²) >= 11 is 0. The SMILES string of the molecule is CC(=O)OCC(=O)OC(C)(C)CCC(C)(C)OC(=O)COC(=O)c1cc(OC(C)=O)cc(C(=O)OCC(=O)OC(C)(C)CCC(C)(C)OC(=O)COC(=O)c2cccc(C)c2)c1. The van der Waals surface area contributed by atoms with Gasteiger partial charge < -0.3 is 42.6 Å². The minimum Gasteiger partial charge on any atom is -0.457 e. The zero-order chi connectivity index (χ0) is 47.1. The summed E-state index contributed by atoms with van der Waals surface area (Å²) in [4.78, 5) is 111. The number of carbonyl (C=O) groups excluding carboxylic acids is 9. The molecule has 0 heterocycles. The zero-order valence-electron chi connectivity index (χ0n) is 37.0. The van der Waals surface area contributed by atoms with Gasteiger partial charge in [0.2, 0.25) is 0 Å². The molecule has 18 heteroatoms. The first-order valence-corrected chi connectivity index (χ1v) is 19.5. The Bertz CT molecular complexity index is 1990. The highest BCUT2D eigenvalue weighted by Crippen LogP contribution is 2.27. The standard InChI is InChI=1S/C44H56O18/c1-27-13-12-14-30(19-27)38(51)55-24-35(48)60-42(6,7)17-18-44(10,11)62-37(50)26-57-40(53)32-20-31(21-33(22-32)58-29(3)46)39(52)56-25-36(49)61-43(8,9)16-15-41(4,5)59-34(47)23-54-28(2)45/h12-14,19-22H,15-18,23-26H2,1-11H3. The third-order valence-electron chi connectivity index (χ3n) is 8.47. The van der Waals surface area contributed by atoms with E-state index in [1.807, 2.05) is 13.0 Å². The summed E-state index contributed by atoms with van der Waals surface area (Å²) in [5.41, 5.74) is -3.74. The van der Waals surface area contributed by atoms with Gasteiger partial charge in [0, 0.05) is 13.8 Å². The Morgan fingerprint density at radius 3 is 1.10 bits per heavy atom. The maximum absolute atomic E-state index is 13.0. The maximum atomic E-state index is 13.0. The van der Waals surface area contributed by atoms with E-state index in [9.17, 15) is 43.2 Å². The van der Waals surface area contributed by atoms with Crippen molar-refractivity contribution in [2.75, 3.05) is 26.4 Å². The number of rotatable bonds is 22. The van der Waals surface area contributed by atoms with Gasteiger partial charge in [0.05, 0.1) is 16.7 Å². The van der Waals surface area contributed by atoms with Crippen molar-refractivity contribution in [3.05, 3.63) is 64.7 Å². The van der Waals surface area contributed by atoms with E-state index in [4.69, 9.17) is 37.9 Å². The van der Waals surface area contributed by atoms with Crippen LogP contribution in [-0.4, -0.2) is 103 Å². The molecule has 0 atom stereocenters. The lowest BCUT2D eigenvalue weighted by atomic mass is 9.94. The van der Waals surface area contributed by atoms with Crippen LogP contribution in [0.15, 0.2) is 42.5 Å². The van der Waals surface area contributed by atoms with Crippen molar-refractivity contribution in [2.24, 2.45) is 0 Å². The highest BCUT2D eigenvalue weighted by atomic mass is 16.6. The molecule has 0 amide bonds. The molecule has 18 nitrogen and oxygen atoms in total. The van der Waals surface area contributed by atoms with Crippen LogP contribution < -0.4 is 4.74 Å². The zero-order valence-corrected chi connectivity index (χ0v) is 37.0. The van der Waals surface area contributed by atoms with E-state index in [2.05, 4.69) is 4.74 Å². The van der Waals surface area contributed by atoms with Gasteiger partial charge in [-0.05, 0) is 118 Å². The number of hydrogen-bond donors (Lipinski definition) is 0. The van der Waals surface area contributed by atoms with Crippen LogP contribution in [0.2, 0.25) is 0 Å². The predicted octanol–water partition coefficient (Wildman–Crippen LogP) is 5.50. The van der Waals surface area contributed by atoms with Crippen LogP contribution in [0.25, 0.3) is 0 Å². The molecule has 2 aromatic carbocycles. The van der Waals surface area contributed by atoms with Crippen LogP contribution in [0.1, 0.15) is 132 Å². The first-order valence-electron chi connectivity index (χ1n) is 19.5. The van der Waals surface area contributed by atoms with Gasteiger partial charge in [0.25, 0.3) is 0 Å². The minimum absolute atomic E-state index is 0.201. The summed E-state index contributed by atoms with van der Waals surface area (Å²) < 4.78 is 46.8. The highest BCUT2D eigenvalue weighted by Gasteiger charge is 2.32. The Morgan fingerprint density at radius 2 is 0.774 bits per heavy atom. The van der Waals surface area contributed by atoms with Gasteiger partial charge in [-0.2, -0.15) is 0 Å². The largest absolute Gasteiger partial charge is 0.457 e. The molecular weight excluding hydrogens is 816 g/mol. The lowest BCUT2D eigenvalue weighted by Gasteiger charge is -2.31. The van der Waals surface area contributed by atoms with E-state index >= 15 is 0 Å². The average molecular weight is 873 g/mol. The van der Waals surface area contributed by atoms with Crippen molar-refractivity contribution >= 4 is 53.7 Å². The van der Waals surface area contributed by atoms with Crippen molar-refractivity contribution in [2.45, 2.75) is 124 Å². The second kappa shape index (κ2) is 22.5. The predicted molar refractivity (Wildman–Crippen MR) is 216 cm³/mol. The van der Waals surface area contributed by atoms with Gasteiger partial charge in [-0.25, -0.2) is 33.6 Å². The number of ether oxygens (including phenoxy) is 9. The van der Waals surface area contributed by atoms with Crippen LogP contribution in [-0.2, 0) is 66.7 Å². The van der Waals surface area contributed by atoms with Crippen molar-refractivity contribution < 1.29 is 85.8 Å². The fraction of sp³-hybridized carbons (Fsp3) is 0.523. The van der Waals surface area contributed by atoms with E-state index in [0.717, 1.165) is 37.6 Å². The summed E-state index contributed by atoms with van der Waals surface area (Å²) in [6, 6.07) is 9.92. The molecular formula is C44H56O18. The number of esters is 9. The smallest absolute Gasteiger partial charge is 0.344 e. The van der Waals surface area contributed by atoms with Gasteiger partial charge in [-0.15, -0.1) is 0 Å². The molecule has 0 unspecified atom stereocenters. The van der Waals surface area contributed by atoms with E-state index in [-0.39, 0.29) is 42.6 Å². The summed E-state index contributed by atoms with van der Waals surface area (Å²) in [7, 11) is 0. The van der Waals surface area contributed by atoms with Gasteiger partial charge in [0.1, 0.15) is 28.2 Å². The molecule has 0 saturated heterocycles. The first kappa shape index (κ1) is 51.8. The number of aryl methyl sites for hydroxylation is 1. The number of benzene rings is 2. The second-order valence-electron chi connectivity index (χ2n) is 16.7. The van der Waals surface area contributed by atoms with Gasteiger partial charge >= 0.3 is 53.7 Å². The molecule has 0 fully saturated rings. The van der Waals surface area contributed by atoms with Crippen molar-refractivity contribution in [1.29, 1.82) is 0 Å². The monoisotopic (exact) mass is 872 g/mol. The first-order chi connectivity index (χ1) is 28.6. The molecule has 0 saturated carbocycles. The Morgan fingerprint density at radius 1 is 0.435 bits per heavy atom. The Kier molecular flexibility index (Phi) is 18.8. The van der Waals surface area contributed by atoms with E-state index < -0.39 is 103 Å². The lowest BCUT2D eigenvalue weighted by molar-refractivity contribution is -0.170. The lowest BCUT2D eigenvalue weighted by Crippen LogP contribution is -2.36. The van der Waals surface area contributed by atoms with Crippen LogP contribution in [0, 0.1) is 6.92 Å². The molecule has 0 spiro atoms. The summed E-state index contributed by atoms with van der Waals surface area (Å²) in [5.74, 6) is -7.91. The molecule has 0 bridgehead atoms. The molecule has 2 aromatic rings. The third-order valence-corrected chi connectivity index (χ3v) is 8.47. The summed E-state index contributed by atoms with van der Waals surface area (Å²) in [6.45, 7) is 14.1. The Labute approximate surface area is 360 Å². The molecule has 0 aliphatic rings. The molecule has 0 aliphatic carbocycles. The fourth-order valence-corrected chi connectivity index (χ4v) is 5.37.